The molecule has 1 aromatic carbocycles. The zero-order chi connectivity index (χ0) is 30.5. The van der Waals surface area contributed by atoms with E-state index in [1.807, 2.05) is 12.2 Å². The summed E-state index contributed by atoms with van der Waals surface area (Å²) in [7, 11) is 0. The third kappa shape index (κ3) is 5.19. The second-order valence-electron chi connectivity index (χ2n) is 12.5. The topological polar surface area (TPSA) is 117 Å². The van der Waals surface area contributed by atoms with E-state index in [1.165, 1.54) is 0 Å². The molecule has 1 spiro atoms. The molecular weight excluding hydrogens is 595 g/mol. The summed E-state index contributed by atoms with van der Waals surface area (Å²) in [5.41, 5.74) is -1.92. The Balaban J connectivity index is 1.31. The van der Waals surface area contributed by atoms with Gasteiger partial charge < -0.3 is 29.9 Å². The highest BCUT2D eigenvalue weighted by molar-refractivity contribution is 6.42. The van der Waals surface area contributed by atoms with E-state index in [2.05, 4.69) is 10.6 Å². The minimum Gasteiger partial charge on any atom is -0.450 e. The SMILES string of the molecule is CCOC(=O)N1CCC(N2C(=O)[C@H]3[C@@H](C(=O)Nc4ccc(Cl)c(Cl)c4)[C@@]4(C)C=C[C@@]3(O4)[C@H]2C(=O)NC2CCCCC2)CC1. The molecule has 43 heavy (non-hydrogen) atoms. The van der Waals surface area contributed by atoms with Crippen molar-refractivity contribution < 1.29 is 28.7 Å². The molecule has 0 unspecified atom stereocenters. The first-order chi connectivity index (χ1) is 20.6. The van der Waals surface area contributed by atoms with Gasteiger partial charge in [0.15, 0.2) is 0 Å². The van der Waals surface area contributed by atoms with Gasteiger partial charge in [-0.3, -0.25) is 14.4 Å². The van der Waals surface area contributed by atoms with Crippen LogP contribution in [0.1, 0.15) is 58.8 Å². The summed E-state index contributed by atoms with van der Waals surface area (Å²) in [4.78, 5) is 58.3. The molecule has 5 aliphatic rings. The number of anilines is 1. The molecule has 2 bridgehead atoms. The average molecular weight is 634 g/mol. The predicted octanol–water partition coefficient (Wildman–Crippen LogP) is 4.54. The quantitative estimate of drug-likeness (QED) is 0.445. The number of hydrogen-bond acceptors (Lipinski definition) is 6. The van der Waals surface area contributed by atoms with Crippen molar-refractivity contribution in [1.82, 2.24) is 15.1 Å². The molecule has 1 aromatic rings. The number of piperidine rings is 1. The van der Waals surface area contributed by atoms with Crippen LogP contribution in [0.25, 0.3) is 0 Å². The summed E-state index contributed by atoms with van der Waals surface area (Å²) in [5.74, 6) is -2.70. The molecule has 0 radical (unpaired) electrons. The summed E-state index contributed by atoms with van der Waals surface area (Å²) in [6.45, 7) is 4.64. The highest BCUT2D eigenvalue weighted by atomic mass is 35.5. The van der Waals surface area contributed by atoms with Crippen LogP contribution in [-0.4, -0.2) is 82.6 Å². The monoisotopic (exact) mass is 632 g/mol. The number of fused-ring (bicyclic) bond motifs is 1. The highest BCUT2D eigenvalue weighted by Crippen LogP contribution is 2.60. The number of rotatable bonds is 6. The van der Waals surface area contributed by atoms with Crippen LogP contribution in [0.4, 0.5) is 10.5 Å². The molecule has 4 amide bonds. The number of benzene rings is 1. The van der Waals surface area contributed by atoms with Crippen LogP contribution < -0.4 is 10.6 Å². The number of carbonyl (C=O) groups excluding carboxylic acids is 4. The molecule has 6 rings (SSSR count). The van der Waals surface area contributed by atoms with E-state index in [0.29, 0.717) is 41.7 Å². The number of halogens is 2. The van der Waals surface area contributed by atoms with Crippen molar-refractivity contribution >= 4 is 52.7 Å². The lowest BCUT2D eigenvalue weighted by Crippen LogP contribution is -2.60. The largest absolute Gasteiger partial charge is 0.450 e. The van der Waals surface area contributed by atoms with Crippen molar-refractivity contribution in [1.29, 1.82) is 0 Å². The van der Waals surface area contributed by atoms with Crippen LogP contribution in [-0.2, 0) is 23.9 Å². The molecule has 4 fully saturated rings. The van der Waals surface area contributed by atoms with Gasteiger partial charge in [-0.2, -0.15) is 0 Å². The number of ether oxygens (including phenoxy) is 2. The molecule has 1 aliphatic carbocycles. The lowest BCUT2D eigenvalue weighted by Gasteiger charge is -2.41. The van der Waals surface area contributed by atoms with Gasteiger partial charge in [-0.15, -0.1) is 0 Å². The van der Waals surface area contributed by atoms with Gasteiger partial charge in [-0.05, 0) is 57.7 Å². The summed E-state index contributed by atoms with van der Waals surface area (Å²) in [5, 5.41) is 6.79. The van der Waals surface area contributed by atoms with Crippen molar-refractivity contribution in [2.45, 2.75) is 88.1 Å². The van der Waals surface area contributed by atoms with Crippen LogP contribution in [0.3, 0.4) is 0 Å². The minimum absolute atomic E-state index is 0.0335. The van der Waals surface area contributed by atoms with Crippen molar-refractivity contribution in [3.05, 3.63) is 40.4 Å². The smallest absolute Gasteiger partial charge is 0.409 e. The van der Waals surface area contributed by atoms with Crippen LogP contribution in [0.15, 0.2) is 30.4 Å². The molecule has 2 N–H and O–H groups in total. The van der Waals surface area contributed by atoms with Gasteiger partial charge in [0.05, 0.1) is 34.1 Å². The summed E-state index contributed by atoms with van der Waals surface area (Å²) < 4.78 is 11.8. The van der Waals surface area contributed by atoms with Gasteiger partial charge in [0.1, 0.15) is 11.6 Å². The van der Waals surface area contributed by atoms with E-state index in [0.717, 1.165) is 32.1 Å². The van der Waals surface area contributed by atoms with E-state index in [-0.39, 0.29) is 36.6 Å². The molecule has 4 heterocycles. The standard InChI is InChI=1S/C31H38Cl2N4O6/c1-3-42-29(41)36-15-11-20(12-16-36)37-25(27(39)34-18-7-5-4-6-8-18)31-14-13-30(2,43-31)23(24(31)28(37)40)26(38)35-19-9-10-21(32)22(33)17-19/h9-10,13-14,17-18,20,23-25H,3-8,11-12,15-16H2,1-2H3,(H,34,39)(H,35,38)/t23-,24+,25+,30+,31-/m0/s1. The first-order valence-electron chi connectivity index (χ1n) is 15.3. The van der Waals surface area contributed by atoms with Gasteiger partial charge >= 0.3 is 6.09 Å². The van der Waals surface area contributed by atoms with Gasteiger partial charge in [0.25, 0.3) is 0 Å². The van der Waals surface area contributed by atoms with Crippen LogP contribution >= 0.6 is 23.2 Å². The van der Waals surface area contributed by atoms with E-state index < -0.39 is 35.0 Å². The first-order valence-corrected chi connectivity index (χ1v) is 16.0. The summed E-state index contributed by atoms with van der Waals surface area (Å²) in [6.07, 6.45) is 9.27. The normalized spacial score (nSPS) is 32.2. The number of nitrogens with zero attached hydrogens (tertiary/aromatic N) is 2. The van der Waals surface area contributed by atoms with Crippen molar-refractivity contribution in [2.24, 2.45) is 11.8 Å². The van der Waals surface area contributed by atoms with Crippen molar-refractivity contribution in [3.8, 4) is 0 Å². The molecule has 3 saturated heterocycles. The van der Waals surface area contributed by atoms with E-state index in [4.69, 9.17) is 32.7 Å². The Labute approximate surface area is 261 Å². The molecule has 1 saturated carbocycles. The molecule has 12 heteroatoms. The van der Waals surface area contributed by atoms with E-state index in [9.17, 15) is 19.2 Å². The fourth-order valence-corrected chi connectivity index (χ4v) is 8.12. The minimum atomic E-state index is -1.29. The Morgan fingerprint density at radius 1 is 1.02 bits per heavy atom. The third-order valence-electron chi connectivity index (χ3n) is 9.79. The Hall–Kier alpha value is -2.82. The number of nitrogens with one attached hydrogen (secondary N) is 2. The molecular formula is C31H38Cl2N4O6. The predicted molar refractivity (Wildman–Crippen MR) is 161 cm³/mol. The first kappa shape index (κ1) is 30.2. The average Bonchev–Trinajstić information content (AvgIpc) is 3.56. The van der Waals surface area contributed by atoms with E-state index in [1.54, 1.807) is 41.8 Å². The summed E-state index contributed by atoms with van der Waals surface area (Å²) >= 11 is 12.3. The maximum Gasteiger partial charge on any atom is 0.409 e. The van der Waals surface area contributed by atoms with Crippen LogP contribution in [0.5, 0.6) is 0 Å². The van der Waals surface area contributed by atoms with Crippen LogP contribution in [0, 0.1) is 11.8 Å². The van der Waals surface area contributed by atoms with Gasteiger partial charge in [-0.25, -0.2) is 4.79 Å². The van der Waals surface area contributed by atoms with E-state index >= 15 is 0 Å². The summed E-state index contributed by atoms with van der Waals surface area (Å²) in [6, 6.07) is 3.59. The Kier molecular flexibility index (Phi) is 8.15. The lowest BCUT2D eigenvalue weighted by atomic mass is 9.70. The van der Waals surface area contributed by atoms with Gasteiger partial charge in [0.2, 0.25) is 17.7 Å². The second-order valence-corrected chi connectivity index (χ2v) is 13.3. The van der Waals surface area contributed by atoms with Crippen LogP contribution in [0.2, 0.25) is 10.0 Å². The Bertz CT molecular complexity index is 1340. The number of amides is 4. The fraction of sp³-hybridized carbons (Fsp3) is 0.613. The zero-order valence-electron chi connectivity index (χ0n) is 24.4. The lowest BCUT2D eigenvalue weighted by molar-refractivity contribution is -0.148. The number of hydrogen-bond donors (Lipinski definition) is 2. The van der Waals surface area contributed by atoms with Crippen molar-refractivity contribution in [2.75, 3.05) is 25.0 Å². The third-order valence-corrected chi connectivity index (χ3v) is 10.5. The highest BCUT2D eigenvalue weighted by Gasteiger charge is 2.76. The molecule has 4 aliphatic heterocycles. The maximum absolute atomic E-state index is 14.5. The van der Waals surface area contributed by atoms with Gasteiger partial charge in [0, 0.05) is 30.9 Å². The fourth-order valence-electron chi connectivity index (χ4n) is 7.82. The molecule has 232 valence electrons. The van der Waals surface area contributed by atoms with Gasteiger partial charge in [-0.1, -0.05) is 54.6 Å². The zero-order valence-corrected chi connectivity index (χ0v) is 26.0. The number of carbonyl (C=O) groups is 4. The maximum atomic E-state index is 14.5. The molecule has 5 atom stereocenters. The Morgan fingerprint density at radius 2 is 1.74 bits per heavy atom. The molecule has 0 aromatic heterocycles. The molecule has 10 nitrogen and oxygen atoms in total. The van der Waals surface area contributed by atoms with Crippen molar-refractivity contribution in [3.63, 3.8) is 0 Å². The second kappa shape index (κ2) is 11.6. The number of likely N-dealkylation sites (tertiary alicyclic amines) is 2. The Morgan fingerprint density at radius 3 is 2.42 bits per heavy atom.